The molecule has 0 saturated heterocycles. The van der Waals surface area contributed by atoms with E-state index in [0.29, 0.717) is 4.47 Å². The summed E-state index contributed by atoms with van der Waals surface area (Å²) in [6.45, 7) is 2.87. The van der Waals surface area contributed by atoms with Gasteiger partial charge in [0, 0.05) is 6.54 Å². The van der Waals surface area contributed by atoms with Gasteiger partial charge in [-0.15, -0.1) is 5.10 Å². The lowest BCUT2D eigenvalue weighted by Crippen LogP contribution is -2.22. The Bertz CT molecular complexity index is 555. The molecule has 1 aromatic carbocycles. The first kappa shape index (κ1) is 14.1. The molecule has 1 unspecified atom stereocenters. The Morgan fingerprint density at radius 2 is 2.26 bits per heavy atom. The fourth-order valence-electron chi connectivity index (χ4n) is 2.08. The highest BCUT2D eigenvalue weighted by molar-refractivity contribution is 9.10. The molecule has 0 spiro atoms. The maximum atomic E-state index is 13.7. The van der Waals surface area contributed by atoms with Gasteiger partial charge in [0.1, 0.15) is 5.82 Å². The van der Waals surface area contributed by atoms with Crippen LogP contribution in [0.1, 0.15) is 30.6 Å². The third-order valence-corrected chi connectivity index (χ3v) is 3.80. The molecule has 0 radical (unpaired) electrons. The first-order valence-electron chi connectivity index (χ1n) is 6.18. The smallest absolute Gasteiger partial charge is 0.137 e. The molecule has 102 valence electrons. The molecular weight excluding hydrogens is 311 g/mol. The number of hydrogen-bond donors (Lipinski definition) is 1. The second kappa shape index (κ2) is 6.25. The Hall–Kier alpha value is -1.27. The normalized spacial score (nSPS) is 12.6. The van der Waals surface area contributed by atoms with E-state index >= 15 is 0 Å². The van der Waals surface area contributed by atoms with Crippen LogP contribution in [0.5, 0.6) is 0 Å². The highest BCUT2D eigenvalue weighted by atomic mass is 79.9. The van der Waals surface area contributed by atoms with Gasteiger partial charge in [-0.05, 0) is 41.0 Å². The Morgan fingerprint density at radius 3 is 2.95 bits per heavy atom. The Labute approximate surface area is 120 Å². The van der Waals surface area contributed by atoms with Crippen LogP contribution in [0.15, 0.2) is 28.9 Å². The molecule has 1 aromatic heterocycles. The molecule has 6 heteroatoms. The molecule has 1 heterocycles. The minimum Gasteiger partial charge on any atom is -0.308 e. The molecule has 0 fully saturated rings. The zero-order valence-corrected chi connectivity index (χ0v) is 12.5. The van der Waals surface area contributed by atoms with E-state index in [1.165, 1.54) is 6.07 Å². The topological polar surface area (TPSA) is 42.7 Å². The molecule has 19 heavy (non-hydrogen) atoms. The van der Waals surface area contributed by atoms with Crippen molar-refractivity contribution < 1.29 is 4.39 Å². The maximum absolute atomic E-state index is 13.7. The summed E-state index contributed by atoms with van der Waals surface area (Å²) >= 11 is 3.31. The SMILES string of the molecule is CCCn1nncc1C(NC)c1cccc(F)c1Br. The van der Waals surface area contributed by atoms with Crippen molar-refractivity contribution in [2.24, 2.45) is 0 Å². The van der Waals surface area contributed by atoms with Gasteiger partial charge in [0.05, 0.1) is 22.4 Å². The van der Waals surface area contributed by atoms with Crippen LogP contribution in [-0.4, -0.2) is 22.0 Å². The fourth-order valence-corrected chi connectivity index (χ4v) is 2.57. The lowest BCUT2D eigenvalue weighted by Gasteiger charge is -2.19. The van der Waals surface area contributed by atoms with Crippen LogP contribution in [0.4, 0.5) is 4.39 Å². The number of hydrogen-bond acceptors (Lipinski definition) is 3. The molecule has 0 aliphatic rings. The Morgan fingerprint density at radius 1 is 1.47 bits per heavy atom. The highest BCUT2D eigenvalue weighted by Gasteiger charge is 2.20. The fraction of sp³-hybridized carbons (Fsp3) is 0.385. The molecule has 0 saturated carbocycles. The van der Waals surface area contributed by atoms with Crippen molar-refractivity contribution in [1.29, 1.82) is 0 Å². The lowest BCUT2D eigenvalue weighted by molar-refractivity contribution is 0.520. The van der Waals surface area contributed by atoms with Crippen molar-refractivity contribution in [2.45, 2.75) is 25.9 Å². The first-order chi connectivity index (χ1) is 9.19. The van der Waals surface area contributed by atoms with E-state index in [-0.39, 0.29) is 11.9 Å². The molecular formula is C13H16BrFN4. The van der Waals surface area contributed by atoms with Crippen molar-refractivity contribution in [3.63, 3.8) is 0 Å². The average molecular weight is 327 g/mol. The van der Waals surface area contributed by atoms with Crippen molar-refractivity contribution >= 4 is 15.9 Å². The zero-order valence-electron chi connectivity index (χ0n) is 10.9. The van der Waals surface area contributed by atoms with E-state index < -0.39 is 0 Å². The summed E-state index contributed by atoms with van der Waals surface area (Å²) in [5.41, 5.74) is 1.76. The quantitative estimate of drug-likeness (QED) is 0.918. The summed E-state index contributed by atoms with van der Waals surface area (Å²) in [4.78, 5) is 0. The lowest BCUT2D eigenvalue weighted by atomic mass is 10.0. The molecule has 0 aliphatic carbocycles. The van der Waals surface area contributed by atoms with Crippen LogP contribution in [0.2, 0.25) is 0 Å². The molecule has 1 N–H and O–H groups in total. The second-order valence-corrected chi connectivity index (χ2v) is 5.04. The molecule has 1 atom stereocenters. The van der Waals surface area contributed by atoms with E-state index in [0.717, 1.165) is 24.2 Å². The average Bonchev–Trinajstić information content (AvgIpc) is 2.84. The number of rotatable bonds is 5. The van der Waals surface area contributed by atoms with Crippen molar-refractivity contribution in [1.82, 2.24) is 20.3 Å². The van der Waals surface area contributed by atoms with Crippen LogP contribution in [-0.2, 0) is 6.54 Å². The third-order valence-electron chi connectivity index (χ3n) is 2.96. The van der Waals surface area contributed by atoms with E-state index in [9.17, 15) is 4.39 Å². The van der Waals surface area contributed by atoms with Crippen molar-refractivity contribution in [3.05, 3.63) is 45.9 Å². The Balaban J connectivity index is 2.44. The summed E-state index contributed by atoms with van der Waals surface area (Å²) in [6, 6.07) is 4.87. The molecule has 0 aliphatic heterocycles. The van der Waals surface area contributed by atoms with Gasteiger partial charge in [-0.1, -0.05) is 24.3 Å². The van der Waals surface area contributed by atoms with Crippen LogP contribution >= 0.6 is 15.9 Å². The Kier molecular flexibility index (Phi) is 4.66. The first-order valence-corrected chi connectivity index (χ1v) is 6.97. The maximum Gasteiger partial charge on any atom is 0.137 e. The summed E-state index contributed by atoms with van der Waals surface area (Å²) < 4.78 is 16.0. The highest BCUT2D eigenvalue weighted by Crippen LogP contribution is 2.29. The molecule has 2 rings (SSSR count). The van der Waals surface area contributed by atoms with Crippen LogP contribution in [0.25, 0.3) is 0 Å². The van der Waals surface area contributed by atoms with E-state index in [1.54, 1.807) is 12.3 Å². The summed E-state index contributed by atoms with van der Waals surface area (Å²) in [5.74, 6) is -0.271. The summed E-state index contributed by atoms with van der Waals surface area (Å²) in [7, 11) is 1.84. The van der Waals surface area contributed by atoms with Crippen molar-refractivity contribution in [2.75, 3.05) is 7.05 Å². The van der Waals surface area contributed by atoms with Crippen molar-refractivity contribution in [3.8, 4) is 0 Å². The van der Waals surface area contributed by atoms with Gasteiger partial charge in [-0.3, -0.25) is 0 Å². The summed E-state index contributed by atoms with van der Waals surface area (Å²) in [5, 5.41) is 11.2. The number of aromatic nitrogens is 3. The number of nitrogens with one attached hydrogen (secondary N) is 1. The predicted molar refractivity (Wildman–Crippen MR) is 75.3 cm³/mol. The molecule has 0 bridgehead atoms. The van der Waals surface area contributed by atoms with Gasteiger partial charge in [0.15, 0.2) is 0 Å². The molecule has 0 amide bonds. The number of nitrogens with zero attached hydrogens (tertiary/aromatic N) is 3. The standard InChI is InChI=1S/C13H16BrFN4/c1-3-7-19-11(8-17-18-19)13(16-2)9-5-4-6-10(15)12(9)14/h4-6,8,13,16H,3,7H2,1-2H3. The van der Waals surface area contributed by atoms with Gasteiger partial charge in [-0.2, -0.15) is 0 Å². The molecule has 2 aromatic rings. The van der Waals surface area contributed by atoms with Gasteiger partial charge < -0.3 is 5.32 Å². The number of benzene rings is 1. The largest absolute Gasteiger partial charge is 0.308 e. The van der Waals surface area contributed by atoms with E-state index in [1.807, 2.05) is 17.8 Å². The summed E-state index contributed by atoms with van der Waals surface area (Å²) in [6.07, 6.45) is 2.69. The van der Waals surface area contributed by atoms with Crippen LogP contribution in [0, 0.1) is 5.82 Å². The van der Waals surface area contributed by atoms with Gasteiger partial charge in [0.25, 0.3) is 0 Å². The minimum absolute atomic E-state index is 0.147. The zero-order chi connectivity index (χ0) is 13.8. The van der Waals surface area contributed by atoms with Crippen LogP contribution in [0.3, 0.4) is 0 Å². The van der Waals surface area contributed by atoms with Gasteiger partial charge in [-0.25, -0.2) is 9.07 Å². The molecule has 4 nitrogen and oxygen atoms in total. The van der Waals surface area contributed by atoms with E-state index in [4.69, 9.17) is 0 Å². The van der Waals surface area contributed by atoms with Crippen LogP contribution < -0.4 is 5.32 Å². The van der Waals surface area contributed by atoms with Gasteiger partial charge in [0.2, 0.25) is 0 Å². The predicted octanol–water partition coefficient (Wildman–Crippen LogP) is 2.90. The van der Waals surface area contributed by atoms with Gasteiger partial charge >= 0.3 is 0 Å². The second-order valence-electron chi connectivity index (χ2n) is 4.25. The minimum atomic E-state index is -0.271. The number of halogens is 2. The number of aryl methyl sites for hydroxylation is 1. The van der Waals surface area contributed by atoms with E-state index in [2.05, 4.69) is 38.5 Å². The third kappa shape index (κ3) is 2.84. The monoisotopic (exact) mass is 326 g/mol.